The smallest absolute Gasteiger partial charge is 0.347 e. The standard InChI is InChI=1S/C10H14N2O4S2/c1-11-3-5-12(6-4-11)18(15,16)8-2-7-17-9(8)10(13)14/h2,7H,3-6H2,1H3,(H,13,14). The SMILES string of the molecule is CN1CCN(S(=O)(=O)c2ccsc2C(=O)O)CC1. The summed E-state index contributed by atoms with van der Waals surface area (Å²) in [5, 5.41) is 10.5. The highest BCUT2D eigenvalue weighted by Crippen LogP contribution is 2.25. The molecule has 0 aliphatic carbocycles. The second-order valence-electron chi connectivity index (χ2n) is 4.13. The summed E-state index contributed by atoms with van der Waals surface area (Å²) in [4.78, 5) is 12.8. The Bertz CT molecular complexity index is 544. The van der Waals surface area contributed by atoms with E-state index in [1.165, 1.54) is 15.8 Å². The molecule has 0 atom stereocenters. The molecule has 1 fully saturated rings. The molecule has 2 rings (SSSR count). The molecule has 100 valence electrons. The van der Waals surface area contributed by atoms with Gasteiger partial charge in [0.05, 0.1) is 0 Å². The number of carboxylic acids is 1. The predicted octanol–water partition coefficient (Wildman–Crippen LogP) is 0.382. The molecular formula is C10H14N2O4S2. The second-order valence-corrected chi connectivity index (χ2v) is 6.95. The lowest BCUT2D eigenvalue weighted by Crippen LogP contribution is -2.47. The highest BCUT2D eigenvalue weighted by atomic mass is 32.2. The summed E-state index contributed by atoms with van der Waals surface area (Å²) in [5.41, 5.74) is 0. The van der Waals surface area contributed by atoms with E-state index in [4.69, 9.17) is 5.11 Å². The summed E-state index contributed by atoms with van der Waals surface area (Å²) < 4.78 is 26.0. The number of thiophene rings is 1. The average Bonchev–Trinajstić information content (AvgIpc) is 2.79. The van der Waals surface area contributed by atoms with E-state index in [2.05, 4.69) is 0 Å². The number of carbonyl (C=O) groups is 1. The van der Waals surface area contributed by atoms with Crippen LogP contribution in [0.25, 0.3) is 0 Å². The number of hydrogen-bond donors (Lipinski definition) is 1. The van der Waals surface area contributed by atoms with Crippen LogP contribution in [-0.4, -0.2) is 61.9 Å². The first-order valence-electron chi connectivity index (χ1n) is 5.42. The van der Waals surface area contributed by atoms with E-state index in [1.54, 1.807) is 0 Å². The number of nitrogens with zero attached hydrogens (tertiary/aromatic N) is 2. The average molecular weight is 290 g/mol. The Hall–Kier alpha value is -0.960. The molecule has 18 heavy (non-hydrogen) atoms. The van der Waals surface area contributed by atoms with Gasteiger partial charge in [0.1, 0.15) is 9.77 Å². The van der Waals surface area contributed by atoms with Gasteiger partial charge in [-0.1, -0.05) is 0 Å². The molecular weight excluding hydrogens is 276 g/mol. The highest BCUT2D eigenvalue weighted by Gasteiger charge is 2.31. The van der Waals surface area contributed by atoms with Crippen molar-refractivity contribution in [1.82, 2.24) is 9.21 Å². The number of likely N-dealkylation sites (N-methyl/N-ethyl adjacent to an activating group) is 1. The first-order chi connectivity index (χ1) is 8.43. The maximum Gasteiger partial charge on any atom is 0.347 e. The quantitative estimate of drug-likeness (QED) is 0.871. The lowest BCUT2D eigenvalue weighted by atomic mass is 10.4. The normalized spacial score (nSPS) is 18.9. The number of carboxylic acid groups (broad SMARTS) is 1. The van der Waals surface area contributed by atoms with Crippen LogP contribution >= 0.6 is 11.3 Å². The fraction of sp³-hybridized carbons (Fsp3) is 0.500. The van der Waals surface area contributed by atoms with E-state index >= 15 is 0 Å². The molecule has 1 saturated heterocycles. The molecule has 1 aliphatic heterocycles. The number of rotatable bonds is 3. The van der Waals surface area contributed by atoms with Crippen molar-refractivity contribution in [2.45, 2.75) is 4.90 Å². The predicted molar refractivity (Wildman–Crippen MR) is 67.5 cm³/mol. The van der Waals surface area contributed by atoms with Crippen LogP contribution in [0.1, 0.15) is 9.67 Å². The van der Waals surface area contributed by atoms with Crippen molar-refractivity contribution in [2.75, 3.05) is 33.2 Å². The Morgan fingerprint density at radius 3 is 2.50 bits per heavy atom. The minimum absolute atomic E-state index is 0.0930. The van der Waals surface area contributed by atoms with E-state index in [0.717, 1.165) is 11.3 Å². The minimum atomic E-state index is -3.68. The molecule has 0 aromatic carbocycles. The van der Waals surface area contributed by atoms with Crippen LogP contribution in [0.5, 0.6) is 0 Å². The molecule has 1 aromatic rings. The van der Waals surface area contributed by atoms with Crippen LogP contribution in [0.3, 0.4) is 0 Å². The molecule has 0 unspecified atom stereocenters. The van der Waals surface area contributed by atoms with Crippen LogP contribution < -0.4 is 0 Å². The zero-order valence-corrected chi connectivity index (χ0v) is 11.5. The van der Waals surface area contributed by atoms with Gasteiger partial charge in [-0.2, -0.15) is 4.31 Å². The Morgan fingerprint density at radius 1 is 1.33 bits per heavy atom. The topological polar surface area (TPSA) is 77.9 Å². The van der Waals surface area contributed by atoms with Gasteiger partial charge >= 0.3 is 5.97 Å². The molecule has 1 aliphatic rings. The first kappa shape index (κ1) is 13.5. The maximum atomic E-state index is 12.3. The van der Waals surface area contributed by atoms with Gasteiger partial charge in [0.2, 0.25) is 10.0 Å². The molecule has 6 nitrogen and oxygen atoms in total. The zero-order chi connectivity index (χ0) is 13.3. The van der Waals surface area contributed by atoms with E-state index in [0.29, 0.717) is 26.2 Å². The largest absolute Gasteiger partial charge is 0.477 e. The molecule has 0 amide bonds. The molecule has 8 heteroatoms. The summed E-state index contributed by atoms with van der Waals surface area (Å²) >= 11 is 0.933. The second kappa shape index (κ2) is 4.96. The lowest BCUT2D eigenvalue weighted by Gasteiger charge is -2.31. The fourth-order valence-electron chi connectivity index (χ4n) is 1.82. The van der Waals surface area contributed by atoms with Crippen LogP contribution in [0, 0.1) is 0 Å². The van der Waals surface area contributed by atoms with Gasteiger partial charge in [0.25, 0.3) is 0 Å². The Labute approximate surface area is 109 Å². The van der Waals surface area contributed by atoms with Gasteiger partial charge in [0, 0.05) is 26.2 Å². The Morgan fingerprint density at radius 2 is 1.94 bits per heavy atom. The maximum absolute atomic E-state index is 12.3. The number of piperazine rings is 1. The Balaban J connectivity index is 2.31. The summed E-state index contributed by atoms with van der Waals surface area (Å²) in [7, 11) is -1.75. The Kier molecular flexibility index (Phi) is 3.71. The third kappa shape index (κ3) is 2.41. The van der Waals surface area contributed by atoms with Gasteiger partial charge in [-0.05, 0) is 18.5 Å². The van der Waals surface area contributed by atoms with Crippen molar-refractivity contribution in [3.05, 3.63) is 16.3 Å². The van der Waals surface area contributed by atoms with Crippen molar-refractivity contribution in [3.63, 3.8) is 0 Å². The molecule has 1 aromatic heterocycles. The van der Waals surface area contributed by atoms with Gasteiger partial charge in [-0.25, -0.2) is 13.2 Å². The van der Waals surface area contributed by atoms with Crippen LogP contribution in [0.2, 0.25) is 0 Å². The van der Waals surface area contributed by atoms with Crippen molar-refractivity contribution >= 4 is 27.3 Å². The summed E-state index contributed by atoms with van der Waals surface area (Å²) in [6.07, 6.45) is 0. The van der Waals surface area contributed by atoms with Crippen molar-refractivity contribution in [2.24, 2.45) is 0 Å². The van der Waals surface area contributed by atoms with Crippen molar-refractivity contribution in [1.29, 1.82) is 0 Å². The number of hydrogen-bond acceptors (Lipinski definition) is 5. The molecule has 0 bridgehead atoms. The molecule has 1 N–H and O–H groups in total. The zero-order valence-electron chi connectivity index (χ0n) is 9.87. The van der Waals surface area contributed by atoms with Crippen LogP contribution in [-0.2, 0) is 10.0 Å². The van der Waals surface area contributed by atoms with Crippen LogP contribution in [0.4, 0.5) is 0 Å². The van der Waals surface area contributed by atoms with E-state index < -0.39 is 16.0 Å². The van der Waals surface area contributed by atoms with Gasteiger partial charge in [0.15, 0.2) is 0 Å². The van der Waals surface area contributed by atoms with Gasteiger partial charge < -0.3 is 10.0 Å². The van der Waals surface area contributed by atoms with E-state index in [1.807, 2.05) is 11.9 Å². The van der Waals surface area contributed by atoms with E-state index in [9.17, 15) is 13.2 Å². The lowest BCUT2D eigenvalue weighted by molar-refractivity contribution is 0.0698. The third-order valence-corrected chi connectivity index (χ3v) is 5.88. The van der Waals surface area contributed by atoms with Gasteiger partial charge in [-0.3, -0.25) is 0 Å². The number of sulfonamides is 1. The minimum Gasteiger partial charge on any atom is -0.477 e. The fourth-order valence-corrected chi connectivity index (χ4v) is 4.48. The molecule has 0 spiro atoms. The number of aromatic carboxylic acids is 1. The van der Waals surface area contributed by atoms with E-state index in [-0.39, 0.29) is 9.77 Å². The molecule has 0 radical (unpaired) electrons. The van der Waals surface area contributed by atoms with Crippen molar-refractivity contribution < 1.29 is 18.3 Å². The highest BCUT2D eigenvalue weighted by molar-refractivity contribution is 7.89. The van der Waals surface area contributed by atoms with Gasteiger partial charge in [-0.15, -0.1) is 11.3 Å². The third-order valence-electron chi connectivity index (χ3n) is 2.90. The monoisotopic (exact) mass is 290 g/mol. The molecule has 0 saturated carbocycles. The summed E-state index contributed by atoms with van der Waals surface area (Å²) in [6, 6.07) is 1.36. The summed E-state index contributed by atoms with van der Waals surface area (Å²) in [6.45, 7) is 2.11. The first-order valence-corrected chi connectivity index (χ1v) is 7.74. The van der Waals surface area contributed by atoms with Crippen molar-refractivity contribution in [3.8, 4) is 0 Å². The summed E-state index contributed by atoms with van der Waals surface area (Å²) in [5.74, 6) is -1.20. The molecule has 2 heterocycles. The van der Waals surface area contributed by atoms with Crippen LogP contribution in [0.15, 0.2) is 16.3 Å².